The zero-order valence-electron chi connectivity index (χ0n) is 32.6. The average Bonchev–Trinajstić information content (AvgIpc) is 3.22. The predicted octanol–water partition coefficient (Wildman–Crippen LogP) is 8.11. The van der Waals surface area contributed by atoms with Crippen LogP contribution in [0.2, 0.25) is 0 Å². The molecule has 11 heteroatoms. The third-order valence-corrected chi connectivity index (χ3v) is 9.68. The lowest BCUT2D eigenvalue weighted by atomic mass is 10.1. The van der Waals surface area contributed by atoms with E-state index in [1.54, 1.807) is 48.5 Å². The van der Waals surface area contributed by atoms with Crippen molar-refractivity contribution in [3.05, 3.63) is 190 Å². The number of anilines is 3. The van der Waals surface area contributed by atoms with Gasteiger partial charge in [0.05, 0.1) is 0 Å². The van der Waals surface area contributed by atoms with Crippen molar-refractivity contribution >= 4 is 17.8 Å². The van der Waals surface area contributed by atoms with Gasteiger partial charge in [0, 0.05) is 39.3 Å². The van der Waals surface area contributed by atoms with Crippen LogP contribution in [0.3, 0.4) is 0 Å². The Morgan fingerprint density at radius 2 is 0.483 bits per heavy atom. The maximum absolute atomic E-state index is 10.1. The Kier molecular flexibility index (Phi) is 13.1. The number of phenols is 4. The summed E-state index contributed by atoms with van der Waals surface area (Å²) in [5.74, 6) is 2.10. The molecule has 1 aromatic heterocycles. The van der Waals surface area contributed by atoms with Gasteiger partial charge in [0.2, 0.25) is 17.8 Å². The van der Waals surface area contributed by atoms with E-state index in [2.05, 4.69) is 77.1 Å². The molecule has 0 amide bonds. The van der Waals surface area contributed by atoms with Crippen molar-refractivity contribution in [2.75, 3.05) is 14.7 Å². The number of aryl methyl sites for hydroxylation is 2. The zero-order valence-corrected chi connectivity index (χ0v) is 32.6. The molecule has 0 aliphatic heterocycles. The fourth-order valence-corrected chi connectivity index (χ4v) is 6.47. The summed E-state index contributed by atoms with van der Waals surface area (Å²) >= 11 is 0. The van der Waals surface area contributed by atoms with Crippen LogP contribution >= 0.6 is 0 Å². The molecule has 7 aromatic rings. The molecule has 0 saturated heterocycles. The van der Waals surface area contributed by atoms with E-state index < -0.39 is 0 Å². The molecule has 0 aliphatic rings. The summed E-state index contributed by atoms with van der Waals surface area (Å²) in [7, 11) is 0. The molecule has 6 N–H and O–H groups in total. The lowest BCUT2D eigenvalue weighted by molar-refractivity contribution is 0.474. The van der Waals surface area contributed by atoms with Crippen LogP contribution in [0.4, 0.5) is 17.8 Å². The van der Waals surface area contributed by atoms with Gasteiger partial charge in [-0.1, -0.05) is 108 Å². The molecule has 0 bridgehead atoms. The van der Waals surface area contributed by atoms with Gasteiger partial charge in [-0.15, -0.1) is 0 Å². The second-order valence-corrected chi connectivity index (χ2v) is 14.4. The molecule has 0 atom stereocenters. The number of nitrogens with zero attached hydrogens (tertiary/aromatic N) is 6. The second-order valence-electron chi connectivity index (χ2n) is 14.4. The highest BCUT2D eigenvalue weighted by molar-refractivity contribution is 5.50. The Morgan fingerprint density at radius 1 is 0.310 bits per heavy atom. The summed E-state index contributed by atoms with van der Waals surface area (Å²) in [5, 5.41) is 40.4. The summed E-state index contributed by atoms with van der Waals surface area (Å²) in [4.78, 5) is 22.0. The first-order chi connectivity index (χ1) is 27.6. The van der Waals surface area contributed by atoms with E-state index in [0.29, 0.717) is 57.1 Å². The van der Waals surface area contributed by atoms with Crippen LogP contribution in [0.15, 0.2) is 146 Å². The van der Waals surface area contributed by atoms with Crippen molar-refractivity contribution in [3.63, 3.8) is 0 Å². The number of hydrogen-bond donors (Lipinski definition) is 4. The summed E-state index contributed by atoms with van der Waals surface area (Å²) < 4.78 is 0. The van der Waals surface area contributed by atoms with Crippen molar-refractivity contribution in [1.82, 2.24) is 15.0 Å². The van der Waals surface area contributed by atoms with Gasteiger partial charge in [-0.3, -0.25) is 0 Å². The van der Waals surface area contributed by atoms with Gasteiger partial charge in [0.1, 0.15) is 23.0 Å². The van der Waals surface area contributed by atoms with Gasteiger partial charge in [0.25, 0.3) is 0 Å². The van der Waals surface area contributed by atoms with E-state index in [1.165, 1.54) is 0 Å². The number of aromatic hydroxyl groups is 4. The number of aromatic nitrogens is 3. The minimum atomic E-state index is 0. The van der Waals surface area contributed by atoms with E-state index in [0.717, 1.165) is 44.5 Å². The van der Waals surface area contributed by atoms with E-state index in [4.69, 9.17) is 15.0 Å². The molecular formula is C47H48N6O5. The summed E-state index contributed by atoms with van der Waals surface area (Å²) in [6, 6.07) is 45.3. The highest BCUT2D eigenvalue weighted by Crippen LogP contribution is 2.28. The topological polar surface area (TPSA) is 161 Å². The first-order valence-corrected chi connectivity index (χ1v) is 18.9. The Bertz CT molecular complexity index is 1930. The number of hydrogen-bond acceptors (Lipinski definition) is 10. The summed E-state index contributed by atoms with van der Waals surface area (Å²) in [6.45, 7) is 6.84. The Hall–Kier alpha value is -7.11. The van der Waals surface area contributed by atoms with E-state index in [1.807, 2.05) is 48.5 Å². The van der Waals surface area contributed by atoms with Gasteiger partial charge in [-0.05, 0) is 95.8 Å². The van der Waals surface area contributed by atoms with Crippen LogP contribution in [0.5, 0.6) is 23.0 Å². The monoisotopic (exact) mass is 776 g/mol. The van der Waals surface area contributed by atoms with Crippen LogP contribution in [0.25, 0.3) is 0 Å². The lowest BCUT2D eigenvalue weighted by Crippen LogP contribution is -2.31. The molecule has 0 fully saturated rings. The first-order valence-electron chi connectivity index (χ1n) is 18.9. The van der Waals surface area contributed by atoms with E-state index in [9.17, 15) is 20.4 Å². The van der Waals surface area contributed by atoms with Crippen molar-refractivity contribution in [3.8, 4) is 23.0 Å². The van der Waals surface area contributed by atoms with Gasteiger partial charge in [-0.25, -0.2) is 0 Å². The number of rotatable bonds is 15. The summed E-state index contributed by atoms with van der Waals surface area (Å²) in [5.41, 5.74) is 8.29. The van der Waals surface area contributed by atoms with E-state index >= 15 is 0 Å². The average molecular weight is 777 g/mol. The van der Waals surface area contributed by atoms with E-state index in [-0.39, 0.29) is 28.5 Å². The Labute approximate surface area is 338 Å². The molecule has 11 nitrogen and oxygen atoms in total. The largest absolute Gasteiger partial charge is 0.508 e. The van der Waals surface area contributed by atoms with Gasteiger partial charge >= 0.3 is 0 Å². The lowest BCUT2D eigenvalue weighted by Gasteiger charge is -2.30. The normalized spacial score (nSPS) is 10.8. The van der Waals surface area contributed by atoms with Crippen LogP contribution in [-0.2, 0) is 39.3 Å². The third kappa shape index (κ3) is 11.0. The molecule has 0 spiro atoms. The molecule has 0 aliphatic carbocycles. The Morgan fingerprint density at radius 3 is 0.672 bits per heavy atom. The zero-order chi connectivity index (χ0) is 39.7. The standard InChI is InChI=1S/C47H46N6O4.H2O/c1-33-3-7-35(8-4-33)27-51(29-37-11-19-41(54)20-12-37)45-48-46(52(28-36-9-5-34(2)6-10-36)30-38-13-21-42(55)22-14-38)50-47(49-45)53(31-39-15-23-43(56)24-16-39)32-40-17-25-44(57)26-18-40;/h3-26,54-57H,27-32H2,1-2H3;1H2. The maximum Gasteiger partial charge on any atom is 0.232 e. The smallest absolute Gasteiger partial charge is 0.232 e. The molecule has 58 heavy (non-hydrogen) atoms. The number of benzene rings is 6. The molecule has 0 radical (unpaired) electrons. The quantitative estimate of drug-likeness (QED) is 0.0801. The van der Waals surface area contributed by atoms with Gasteiger partial charge in [0.15, 0.2) is 0 Å². The third-order valence-electron chi connectivity index (χ3n) is 9.68. The second kappa shape index (κ2) is 18.7. The molecule has 0 saturated carbocycles. The maximum atomic E-state index is 10.1. The first kappa shape index (κ1) is 40.6. The molecule has 296 valence electrons. The highest BCUT2D eigenvalue weighted by atomic mass is 16.3. The molecular weight excluding hydrogens is 729 g/mol. The summed E-state index contributed by atoms with van der Waals surface area (Å²) in [6.07, 6.45) is 0. The van der Waals surface area contributed by atoms with Crippen molar-refractivity contribution in [2.45, 2.75) is 53.1 Å². The van der Waals surface area contributed by atoms with Crippen molar-refractivity contribution in [1.29, 1.82) is 0 Å². The SMILES string of the molecule is Cc1ccc(CN(Cc2ccc(O)cc2)c2nc(N(Cc3ccc(C)cc3)Cc3ccc(O)cc3)nc(N(Cc3ccc(O)cc3)Cc3ccc(O)cc3)n2)cc1.O. The molecule has 6 aromatic carbocycles. The minimum absolute atomic E-state index is 0. The highest BCUT2D eigenvalue weighted by Gasteiger charge is 2.23. The number of phenolic OH excluding ortho intramolecular Hbond substituents is 4. The fraction of sp³-hybridized carbons (Fsp3) is 0.170. The fourth-order valence-electron chi connectivity index (χ4n) is 6.47. The Balaban J connectivity index is 0.00000567. The molecule has 0 unspecified atom stereocenters. The van der Waals surface area contributed by atoms with Crippen LogP contribution in [0.1, 0.15) is 44.5 Å². The van der Waals surface area contributed by atoms with Gasteiger partial charge in [-0.2, -0.15) is 15.0 Å². The van der Waals surface area contributed by atoms with Crippen LogP contribution in [0, 0.1) is 13.8 Å². The van der Waals surface area contributed by atoms with Crippen LogP contribution < -0.4 is 14.7 Å². The van der Waals surface area contributed by atoms with Crippen molar-refractivity contribution < 1.29 is 25.9 Å². The van der Waals surface area contributed by atoms with Crippen LogP contribution in [-0.4, -0.2) is 40.9 Å². The predicted molar refractivity (Wildman–Crippen MR) is 228 cm³/mol. The van der Waals surface area contributed by atoms with Crippen molar-refractivity contribution in [2.24, 2.45) is 0 Å². The minimum Gasteiger partial charge on any atom is -0.508 e. The van der Waals surface area contributed by atoms with Gasteiger partial charge < -0.3 is 40.6 Å². The molecule has 1 heterocycles. The molecule has 7 rings (SSSR count).